The van der Waals surface area contributed by atoms with Gasteiger partial charge in [-0.3, -0.25) is 4.79 Å². The summed E-state index contributed by atoms with van der Waals surface area (Å²) < 4.78 is 5.46. The number of piperidine rings is 1. The normalized spacial score (nSPS) is 20.8. The van der Waals surface area contributed by atoms with Crippen LogP contribution in [-0.4, -0.2) is 71.8 Å². The predicted octanol–water partition coefficient (Wildman–Crippen LogP) is 2.69. The van der Waals surface area contributed by atoms with Crippen molar-refractivity contribution in [2.75, 3.05) is 44.2 Å². The van der Waals surface area contributed by atoms with E-state index in [1.54, 1.807) is 17.0 Å². The summed E-state index contributed by atoms with van der Waals surface area (Å²) in [6.45, 7) is 9.22. The Balaban J connectivity index is 1.55. The van der Waals surface area contributed by atoms with Crippen molar-refractivity contribution in [3.63, 3.8) is 0 Å². The number of aromatic hydroxyl groups is 1. The Bertz CT molecular complexity index is 708. The second-order valence-corrected chi connectivity index (χ2v) is 8.57. The fraction of sp³-hybridized carbons (Fsp3) is 0.619. The molecule has 2 aliphatic rings. The molecular formula is C21H31N3O4. The van der Waals surface area contributed by atoms with E-state index in [1.807, 2.05) is 37.8 Å². The van der Waals surface area contributed by atoms with Gasteiger partial charge in [-0.05, 0) is 45.7 Å². The molecule has 28 heavy (non-hydrogen) atoms. The number of piperazine rings is 1. The number of hydrogen-bond donors (Lipinski definition) is 1. The van der Waals surface area contributed by atoms with Crippen molar-refractivity contribution in [3.05, 3.63) is 24.3 Å². The highest BCUT2D eigenvalue weighted by atomic mass is 16.6. The van der Waals surface area contributed by atoms with E-state index in [-0.39, 0.29) is 23.7 Å². The molecule has 154 valence electrons. The molecule has 0 bridgehead atoms. The number of nitrogens with zero attached hydrogens (tertiary/aromatic N) is 3. The van der Waals surface area contributed by atoms with Crippen LogP contribution in [0.3, 0.4) is 0 Å². The van der Waals surface area contributed by atoms with Gasteiger partial charge in [0.25, 0.3) is 0 Å². The number of hydrogen-bond acceptors (Lipinski definition) is 5. The summed E-state index contributed by atoms with van der Waals surface area (Å²) in [7, 11) is 0. The van der Waals surface area contributed by atoms with Crippen LogP contribution in [0.5, 0.6) is 5.75 Å². The molecule has 1 aromatic rings. The first-order chi connectivity index (χ1) is 13.2. The smallest absolute Gasteiger partial charge is 0.410 e. The monoisotopic (exact) mass is 389 g/mol. The third-order valence-electron chi connectivity index (χ3n) is 5.24. The number of likely N-dealkylation sites (tertiary alicyclic amines) is 1. The minimum Gasteiger partial charge on any atom is -0.506 e. The van der Waals surface area contributed by atoms with Crippen LogP contribution in [0, 0.1) is 5.92 Å². The van der Waals surface area contributed by atoms with Gasteiger partial charge in [0.1, 0.15) is 11.4 Å². The number of carbonyl (C=O) groups is 2. The minimum absolute atomic E-state index is 0.116. The second-order valence-electron chi connectivity index (χ2n) is 8.57. The molecule has 0 saturated carbocycles. The molecule has 1 aromatic carbocycles. The summed E-state index contributed by atoms with van der Waals surface area (Å²) >= 11 is 0. The molecule has 2 fully saturated rings. The van der Waals surface area contributed by atoms with E-state index < -0.39 is 5.60 Å². The van der Waals surface area contributed by atoms with Crippen LogP contribution >= 0.6 is 0 Å². The Kier molecular flexibility index (Phi) is 6.01. The van der Waals surface area contributed by atoms with E-state index in [2.05, 4.69) is 4.90 Å². The van der Waals surface area contributed by atoms with Crippen molar-refractivity contribution in [2.24, 2.45) is 5.92 Å². The molecule has 7 nitrogen and oxygen atoms in total. The van der Waals surface area contributed by atoms with Gasteiger partial charge in [0.05, 0.1) is 11.6 Å². The lowest BCUT2D eigenvalue weighted by Gasteiger charge is -2.40. The number of para-hydroxylation sites is 2. The Morgan fingerprint density at radius 1 is 1.04 bits per heavy atom. The van der Waals surface area contributed by atoms with Gasteiger partial charge in [-0.15, -0.1) is 0 Å². The number of carbonyl (C=O) groups excluding carboxylic acids is 2. The standard InChI is InChI=1S/C21H31N3O4/c1-21(2,3)28-20(27)24-10-6-7-16(15-24)19(26)23-13-11-22(12-14-23)17-8-4-5-9-18(17)25/h4-5,8-9,16,25H,6-7,10-15H2,1-3H3/t16-/m1/s1. The molecule has 0 spiro atoms. The number of rotatable bonds is 2. The summed E-state index contributed by atoms with van der Waals surface area (Å²) in [6, 6.07) is 7.28. The van der Waals surface area contributed by atoms with Gasteiger partial charge in [-0.2, -0.15) is 0 Å². The van der Waals surface area contributed by atoms with Crippen LogP contribution < -0.4 is 4.90 Å². The lowest BCUT2D eigenvalue weighted by Crippen LogP contribution is -2.53. The molecule has 0 aliphatic carbocycles. The summed E-state index contributed by atoms with van der Waals surface area (Å²) in [5, 5.41) is 10.0. The number of amides is 2. The fourth-order valence-corrected chi connectivity index (χ4v) is 3.83. The molecule has 3 rings (SSSR count). The Labute approximate surface area is 166 Å². The molecule has 2 aliphatic heterocycles. The molecule has 0 aromatic heterocycles. The van der Waals surface area contributed by atoms with Gasteiger partial charge in [0.15, 0.2) is 0 Å². The van der Waals surface area contributed by atoms with Crippen LogP contribution in [0.4, 0.5) is 10.5 Å². The van der Waals surface area contributed by atoms with Crippen molar-refractivity contribution in [3.8, 4) is 5.75 Å². The summed E-state index contributed by atoms with van der Waals surface area (Å²) in [5.41, 5.74) is 0.274. The average molecular weight is 389 g/mol. The Hall–Kier alpha value is -2.44. The zero-order valence-corrected chi connectivity index (χ0v) is 17.1. The van der Waals surface area contributed by atoms with E-state index in [4.69, 9.17) is 4.74 Å². The van der Waals surface area contributed by atoms with Crippen LogP contribution in [-0.2, 0) is 9.53 Å². The van der Waals surface area contributed by atoms with Crippen molar-refractivity contribution in [2.45, 2.75) is 39.2 Å². The molecule has 2 amide bonds. The van der Waals surface area contributed by atoms with Crippen molar-refractivity contribution in [1.82, 2.24) is 9.80 Å². The predicted molar refractivity (Wildman–Crippen MR) is 107 cm³/mol. The number of benzene rings is 1. The van der Waals surface area contributed by atoms with Gasteiger partial charge >= 0.3 is 6.09 Å². The maximum atomic E-state index is 13.0. The number of phenolic OH excluding ortho intramolecular Hbond substituents is 1. The topological polar surface area (TPSA) is 73.3 Å². The highest BCUT2D eigenvalue weighted by Crippen LogP contribution is 2.28. The van der Waals surface area contributed by atoms with E-state index in [0.717, 1.165) is 18.5 Å². The van der Waals surface area contributed by atoms with E-state index in [9.17, 15) is 14.7 Å². The molecule has 0 unspecified atom stereocenters. The number of anilines is 1. The largest absolute Gasteiger partial charge is 0.506 e. The first-order valence-corrected chi connectivity index (χ1v) is 10.0. The zero-order valence-electron chi connectivity index (χ0n) is 17.1. The SMILES string of the molecule is CC(C)(C)OC(=O)N1CCC[C@@H](C(=O)N2CCN(c3ccccc3O)CC2)C1. The van der Waals surface area contributed by atoms with Gasteiger partial charge in [0, 0.05) is 39.3 Å². The van der Waals surface area contributed by atoms with Crippen LogP contribution in [0.15, 0.2) is 24.3 Å². The molecule has 0 radical (unpaired) electrons. The Morgan fingerprint density at radius 2 is 1.71 bits per heavy atom. The fourth-order valence-electron chi connectivity index (χ4n) is 3.83. The maximum Gasteiger partial charge on any atom is 0.410 e. The third-order valence-corrected chi connectivity index (χ3v) is 5.24. The highest BCUT2D eigenvalue weighted by Gasteiger charge is 2.34. The lowest BCUT2D eigenvalue weighted by atomic mass is 9.96. The van der Waals surface area contributed by atoms with Crippen molar-refractivity contribution in [1.29, 1.82) is 0 Å². The van der Waals surface area contributed by atoms with Crippen molar-refractivity contribution >= 4 is 17.7 Å². The minimum atomic E-state index is -0.534. The van der Waals surface area contributed by atoms with Crippen molar-refractivity contribution < 1.29 is 19.4 Å². The summed E-state index contributed by atoms with van der Waals surface area (Å²) in [6.07, 6.45) is 1.28. The zero-order chi connectivity index (χ0) is 20.3. The first kappa shape index (κ1) is 20.3. The average Bonchev–Trinajstić information content (AvgIpc) is 2.67. The second kappa shape index (κ2) is 8.29. The quantitative estimate of drug-likeness (QED) is 0.842. The molecule has 1 N–H and O–H groups in total. The molecule has 1 atom stereocenters. The van der Waals surface area contributed by atoms with E-state index >= 15 is 0 Å². The van der Waals surface area contributed by atoms with E-state index in [1.165, 1.54) is 0 Å². The Morgan fingerprint density at radius 3 is 2.36 bits per heavy atom. The van der Waals surface area contributed by atoms with Crippen LogP contribution in [0.2, 0.25) is 0 Å². The molecule has 2 saturated heterocycles. The maximum absolute atomic E-state index is 13.0. The van der Waals surface area contributed by atoms with E-state index in [0.29, 0.717) is 39.3 Å². The lowest BCUT2D eigenvalue weighted by molar-refractivity contribution is -0.137. The van der Waals surface area contributed by atoms with Gasteiger partial charge in [0.2, 0.25) is 5.91 Å². The molecule has 7 heteroatoms. The summed E-state index contributed by atoms with van der Waals surface area (Å²) in [4.78, 5) is 31.0. The van der Waals surface area contributed by atoms with Gasteiger partial charge in [-0.1, -0.05) is 12.1 Å². The van der Waals surface area contributed by atoms with Gasteiger partial charge < -0.3 is 24.5 Å². The van der Waals surface area contributed by atoms with Crippen LogP contribution in [0.1, 0.15) is 33.6 Å². The van der Waals surface area contributed by atoms with Crippen LogP contribution in [0.25, 0.3) is 0 Å². The van der Waals surface area contributed by atoms with Gasteiger partial charge in [-0.25, -0.2) is 4.79 Å². The molecule has 2 heterocycles. The number of ether oxygens (including phenoxy) is 1. The molecular weight excluding hydrogens is 358 g/mol. The first-order valence-electron chi connectivity index (χ1n) is 10.0. The highest BCUT2D eigenvalue weighted by molar-refractivity contribution is 5.80. The third kappa shape index (κ3) is 4.88. The summed E-state index contributed by atoms with van der Waals surface area (Å²) in [5.74, 6) is 0.214. The number of phenols is 1.